The lowest BCUT2D eigenvalue weighted by atomic mass is 10.2. The van der Waals surface area contributed by atoms with Gasteiger partial charge in [-0.1, -0.05) is 0 Å². The molecule has 0 aliphatic carbocycles. The summed E-state index contributed by atoms with van der Waals surface area (Å²) in [6.07, 6.45) is 0. The number of rotatable bonds is 4. The van der Waals surface area contributed by atoms with Gasteiger partial charge in [-0.2, -0.15) is 0 Å². The Balaban J connectivity index is 2.24. The van der Waals surface area contributed by atoms with E-state index in [1.807, 2.05) is 19.2 Å². The Morgan fingerprint density at radius 2 is 1.79 bits per heavy atom. The van der Waals surface area contributed by atoms with Crippen LogP contribution in [-0.4, -0.2) is 12.0 Å². The number of nitro benzene ring substituents is 1. The molecule has 0 saturated heterocycles. The molecular formula is C14H14N2O3. The van der Waals surface area contributed by atoms with Gasteiger partial charge in [0.2, 0.25) is 0 Å². The van der Waals surface area contributed by atoms with E-state index in [-0.39, 0.29) is 5.69 Å². The Labute approximate surface area is 111 Å². The van der Waals surface area contributed by atoms with Crippen molar-refractivity contribution < 1.29 is 9.66 Å². The second-order valence-corrected chi connectivity index (χ2v) is 4.14. The van der Waals surface area contributed by atoms with E-state index < -0.39 is 4.92 Å². The molecule has 0 heterocycles. The Bertz CT molecular complexity index is 594. The summed E-state index contributed by atoms with van der Waals surface area (Å²) in [5, 5.41) is 13.8. The quantitative estimate of drug-likeness (QED) is 0.670. The molecule has 98 valence electrons. The molecule has 19 heavy (non-hydrogen) atoms. The third-order valence-corrected chi connectivity index (χ3v) is 2.63. The molecule has 5 heteroatoms. The second kappa shape index (κ2) is 5.39. The van der Waals surface area contributed by atoms with Gasteiger partial charge in [0.1, 0.15) is 11.5 Å². The minimum absolute atomic E-state index is 0.0295. The van der Waals surface area contributed by atoms with E-state index in [2.05, 4.69) is 5.32 Å². The van der Waals surface area contributed by atoms with E-state index in [0.29, 0.717) is 11.5 Å². The van der Waals surface area contributed by atoms with Crippen molar-refractivity contribution in [2.75, 3.05) is 12.4 Å². The number of aryl methyl sites for hydroxylation is 1. The van der Waals surface area contributed by atoms with Crippen LogP contribution in [0.3, 0.4) is 0 Å². The number of ether oxygens (including phenoxy) is 1. The highest BCUT2D eigenvalue weighted by Gasteiger charge is 2.09. The Morgan fingerprint density at radius 3 is 2.37 bits per heavy atom. The smallest absolute Gasteiger partial charge is 0.273 e. The van der Waals surface area contributed by atoms with Crippen LogP contribution < -0.4 is 10.1 Å². The van der Waals surface area contributed by atoms with E-state index in [4.69, 9.17) is 4.74 Å². The molecule has 2 aromatic carbocycles. The predicted molar refractivity (Wildman–Crippen MR) is 73.9 cm³/mol. The first-order valence-corrected chi connectivity index (χ1v) is 5.80. The van der Waals surface area contributed by atoms with Gasteiger partial charge in [0, 0.05) is 18.8 Å². The van der Waals surface area contributed by atoms with Crippen molar-refractivity contribution in [2.45, 2.75) is 6.92 Å². The number of nitro groups is 1. The largest absolute Gasteiger partial charge is 0.457 e. The first-order chi connectivity index (χ1) is 9.08. The van der Waals surface area contributed by atoms with Gasteiger partial charge in [-0.25, -0.2) is 0 Å². The summed E-state index contributed by atoms with van der Waals surface area (Å²) >= 11 is 0. The van der Waals surface area contributed by atoms with Gasteiger partial charge in [0.15, 0.2) is 0 Å². The average molecular weight is 258 g/mol. The van der Waals surface area contributed by atoms with Crippen molar-refractivity contribution >= 4 is 11.4 Å². The minimum atomic E-state index is -0.427. The predicted octanol–water partition coefficient (Wildman–Crippen LogP) is 3.74. The third kappa shape index (κ3) is 3.22. The minimum Gasteiger partial charge on any atom is -0.457 e. The first-order valence-electron chi connectivity index (χ1n) is 5.80. The van der Waals surface area contributed by atoms with Crippen LogP contribution in [0.25, 0.3) is 0 Å². The molecule has 0 aromatic heterocycles. The van der Waals surface area contributed by atoms with Crippen LogP contribution in [0.15, 0.2) is 42.5 Å². The molecule has 0 saturated carbocycles. The van der Waals surface area contributed by atoms with Crippen molar-refractivity contribution in [1.29, 1.82) is 0 Å². The lowest BCUT2D eigenvalue weighted by molar-refractivity contribution is -0.385. The summed E-state index contributed by atoms with van der Waals surface area (Å²) in [5.41, 5.74) is 1.79. The monoisotopic (exact) mass is 258 g/mol. The molecule has 2 rings (SSSR count). The summed E-state index contributed by atoms with van der Waals surface area (Å²) < 4.78 is 5.62. The summed E-state index contributed by atoms with van der Waals surface area (Å²) in [6, 6.07) is 12.0. The highest BCUT2D eigenvalue weighted by atomic mass is 16.6. The van der Waals surface area contributed by atoms with Crippen LogP contribution in [0.2, 0.25) is 0 Å². The molecular weight excluding hydrogens is 244 g/mol. The van der Waals surface area contributed by atoms with E-state index in [9.17, 15) is 10.1 Å². The standard InChI is InChI=1S/C14H14N2O3/c1-10-7-12(16(17)18)9-14(8-10)19-13-5-3-11(15-2)4-6-13/h3-9,15H,1-2H3. The van der Waals surface area contributed by atoms with Gasteiger partial charge in [-0.15, -0.1) is 0 Å². The maximum Gasteiger partial charge on any atom is 0.273 e. The number of hydrogen-bond acceptors (Lipinski definition) is 4. The summed E-state index contributed by atoms with van der Waals surface area (Å²) in [7, 11) is 1.83. The number of nitrogens with one attached hydrogen (secondary N) is 1. The molecule has 0 aliphatic rings. The maximum absolute atomic E-state index is 10.8. The molecule has 0 aliphatic heterocycles. The van der Waals surface area contributed by atoms with Gasteiger partial charge in [-0.05, 0) is 42.8 Å². The fourth-order valence-corrected chi connectivity index (χ4v) is 1.72. The zero-order valence-corrected chi connectivity index (χ0v) is 10.7. The van der Waals surface area contributed by atoms with Crippen LogP contribution in [0.4, 0.5) is 11.4 Å². The van der Waals surface area contributed by atoms with Crippen molar-refractivity contribution in [3.63, 3.8) is 0 Å². The highest BCUT2D eigenvalue weighted by Crippen LogP contribution is 2.27. The zero-order valence-electron chi connectivity index (χ0n) is 10.7. The fraction of sp³-hybridized carbons (Fsp3) is 0.143. The molecule has 2 aromatic rings. The molecule has 1 N–H and O–H groups in total. The van der Waals surface area contributed by atoms with E-state index >= 15 is 0 Å². The molecule has 0 spiro atoms. The third-order valence-electron chi connectivity index (χ3n) is 2.63. The van der Waals surface area contributed by atoms with Crippen LogP contribution in [0, 0.1) is 17.0 Å². The highest BCUT2D eigenvalue weighted by molar-refractivity contribution is 5.48. The zero-order chi connectivity index (χ0) is 13.8. The first kappa shape index (κ1) is 12.9. The lowest BCUT2D eigenvalue weighted by Crippen LogP contribution is -1.92. The lowest BCUT2D eigenvalue weighted by Gasteiger charge is -2.07. The van der Waals surface area contributed by atoms with Crippen molar-refractivity contribution in [1.82, 2.24) is 0 Å². The van der Waals surface area contributed by atoms with Crippen LogP contribution in [0.1, 0.15) is 5.56 Å². The SMILES string of the molecule is CNc1ccc(Oc2cc(C)cc([N+](=O)[O-])c2)cc1. The maximum atomic E-state index is 10.8. The fourth-order valence-electron chi connectivity index (χ4n) is 1.72. The van der Waals surface area contributed by atoms with Gasteiger partial charge in [-0.3, -0.25) is 10.1 Å². The van der Waals surface area contributed by atoms with Crippen molar-refractivity contribution in [3.8, 4) is 11.5 Å². The Kier molecular flexibility index (Phi) is 3.66. The molecule has 0 bridgehead atoms. The van der Waals surface area contributed by atoms with Crippen LogP contribution >= 0.6 is 0 Å². The second-order valence-electron chi connectivity index (χ2n) is 4.14. The normalized spacial score (nSPS) is 10.0. The summed E-state index contributed by atoms with van der Waals surface area (Å²) in [6.45, 7) is 1.80. The average Bonchev–Trinajstić information content (AvgIpc) is 2.39. The van der Waals surface area contributed by atoms with E-state index in [0.717, 1.165) is 11.3 Å². The number of benzene rings is 2. The summed E-state index contributed by atoms with van der Waals surface area (Å²) in [4.78, 5) is 10.4. The van der Waals surface area contributed by atoms with E-state index in [1.165, 1.54) is 12.1 Å². The van der Waals surface area contributed by atoms with Crippen LogP contribution in [-0.2, 0) is 0 Å². The van der Waals surface area contributed by atoms with Crippen molar-refractivity contribution in [3.05, 3.63) is 58.1 Å². The molecule has 5 nitrogen and oxygen atoms in total. The number of anilines is 1. The van der Waals surface area contributed by atoms with Gasteiger partial charge < -0.3 is 10.1 Å². The number of non-ortho nitro benzene ring substituents is 1. The Hall–Kier alpha value is -2.56. The molecule has 0 fully saturated rings. The van der Waals surface area contributed by atoms with Gasteiger partial charge in [0.05, 0.1) is 11.0 Å². The van der Waals surface area contributed by atoms with Gasteiger partial charge in [0.25, 0.3) is 5.69 Å². The van der Waals surface area contributed by atoms with E-state index in [1.54, 1.807) is 25.1 Å². The number of hydrogen-bond donors (Lipinski definition) is 1. The van der Waals surface area contributed by atoms with Crippen LogP contribution in [0.5, 0.6) is 11.5 Å². The molecule has 0 atom stereocenters. The van der Waals surface area contributed by atoms with Gasteiger partial charge >= 0.3 is 0 Å². The topological polar surface area (TPSA) is 64.4 Å². The molecule has 0 amide bonds. The number of nitrogens with zero attached hydrogens (tertiary/aromatic N) is 1. The molecule has 0 unspecified atom stereocenters. The van der Waals surface area contributed by atoms with Crippen molar-refractivity contribution in [2.24, 2.45) is 0 Å². The summed E-state index contributed by atoms with van der Waals surface area (Å²) in [5.74, 6) is 1.10. The Morgan fingerprint density at radius 1 is 1.11 bits per heavy atom. The molecule has 0 radical (unpaired) electrons.